The number of nitrogens with two attached hydrogens (primary N) is 1. The zero-order valence-electron chi connectivity index (χ0n) is 8.20. The van der Waals surface area contributed by atoms with Crippen LogP contribution in [0.3, 0.4) is 0 Å². The molecular weight excluding hydrogens is 276 g/mol. The van der Waals surface area contributed by atoms with E-state index in [0.717, 1.165) is 23.2 Å². The van der Waals surface area contributed by atoms with E-state index in [1.54, 1.807) is 11.3 Å². The van der Waals surface area contributed by atoms with Gasteiger partial charge in [-0.25, -0.2) is 5.43 Å². The highest BCUT2D eigenvalue weighted by Gasteiger charge is 2.18. The highest BCUT2D eigenvalue weighted by atomic mass is 79.9. The Bertz CT molecular complexity index is 364. The minimum atomic E-state index is 0.0767. The molecule has 1 aliphatic heterocycles. The summed E-state index contributed by atoms with van der Waals surface area (Å²) in [5, 5.41) is 2.10. The van der Waals surface area contributed by atoms with E-state index in [-0.39, 0.29) is 6.04 Å². The molecule has 0 spiro atoms. The lowest BCUT2D eigenvalue weighted by atomic mass is 9.98. The normalized spacial score (nSPS) is 18.1. The molecule has 5 heteroatoms. The zero-order valence-corrected chi connectivity index (χ0v) is 10.6. The van der Waals surface area contributed by atoms with Gasteiger partial charge >= 0.3 is 0 Å². The molecule has 3 N–H and O–H groups in total. The average Bonchev–Trinajstić information content (AvgIpc) is 2.68. The number of hydrogen-bond acceptors (Lipinski definition) is 4. The molecule has 0 bridgehead atoms. The fraction of sp³-hybridized carbons (Fsp3) is 0.400. The number of hydrogen-bond donors (Lipinski definition) is 2. The topological polar surface area (TPSA) is 47.3 Å². The number of nitrogens with one attached hydrogen (secondary N) is 1. The molecule has 0 radical (unpaired) electrons. The predicted octanol–water partition coefficient (Wildman–Crippen LogP) is 2.71. The van der Waals surface area contributed by atoms with E-state index in [1.165, 1.54) is 11.1 Å². The molecule has 1 atom stereocenters. The Balaban J connectivity index is 2.19. The van der Waals surface area contributed by atoms with E-state index < -0.39 is 0 Å². The van der Waals surface area contributed by atoms with Crippen LogP contribution in [-0.4, -0.2) is 6.61 Å². The fourth-order valence-electron chi connectivity index (χ4n) is 1.69. The third-order valence-electron chi connectivity index (χ3n) is 2.42. The van der Waals surface area contributed by atoms with Gasteiger partial charge < -0.3 is 4.74 Å². The summed E-state index contributed by atoms with van der Waals surface area (Å²) >= 11 is 5.12. The lowest BCUT2D eigenvalue weighted by molar-refractivity contribution is 0.219. The van der Waals surface area contributed by atoms with Gasteiger partial charge in [-0.3, -0.25) is 5.84 Å². The largest absolute Gasteiger partial charge is 0.501 e. The van der Waals surface area contributed by atoms with Crippen LogP contribution >= 0.6 is 27.3 Å². The first kappa shape index (κ1) is 11.1. The molecule has 0 amide bonds. The molecule has 1 aliphatic rings. The Morgan fingerprint density at radius 1 is 1.60 bits per heavy atom. The van der Waals surface area contributed by atoms with Gasteiger partial charge in [0.2, 0.25) is 0 Å². The second-order valence-corrected chi connectivity index (χ2v) is 5.74. The first-order valence-electron chi connectivity index (χ1n) is 4.82. The second kappa shape index (κ2) is 5.12. The van der Waals surface area contributed by atoms with Crippen molar-refractivity contribution in [2.75, 3.05) is 6.61 Å². The maximum Gasteiger partial charge on any atom is 0.0876 e. The van der Waals surface area contributed by atoms with Crippen LogP contribution in [0.4, 0.5) is 0 Å². The van der Waals surface area contributed by atoms with E-state index in [0.29, 0.717) is 0 Å². The van der Waals surface area contributed by atoms with Gasteiger partial charge in [0.15, 0.2) is 0 Å². The Morgan fingerprint density at radius 2 is 2.47 bits per heavy atom. The summed E-state index contributed by atoms with van der Waals surface area (Å²) in [5.41, 5.74) is 5.24. The van der Waals surface area contributed by atoms with Crippen LogP contribution in [-0.2, 0) is 4.74 Å². The molecule has 1 aromatic heterocycles. The van der Waals surface area contributed by atoms with Crippen LogP contribution in [0.25, 0.3) is 0 Å². The van der Waals surface area contributed by atoms with Crippen LogP contribution in [0.5, 0.6) is 0 Å². The van der Waals surface area contributed by atoms with E-state index >= 15 is 0 Å². The fourth-order valence-corrected chi connectivity index (χ4v) is 2.89. The smallest absolute Gasteiger partial charge is 0.0876 e. The zero-order chi connectivity index (χ0) is 10.7. The quantitative estimate of drug-likeness (QED) is 0.664. The number of ether oxygens (including phenoxy) is 1. The number of halogens is 1. The Labute approximate surface area is 101 Å². The van der Waals surface area contributed by atoms with Crippen LogP contribution in [0.2, 0.25) is 0 Å². The molecule has 0 aliphatic carbocycles. The molecule has 0 saturated heterocycles. The van der Waals surface area contributed by atoms with Crippen LogP contribution < -0.4 is 11.3 Å². The van der Waals surface area contributed by atoms with Gasteiger partial charge in [0.1, 0.15) is 0 Å². The maximum absolute atomic E-state index is 5.59. The summed E-state index contributed by atoms with van der Waals surface area (Å²) in [6, 6.07) is 2.16. The van der Waals surface area contributed by atoms with E-state index in [2.05, 4.69) is 32.8 Å². The van der Waals surface area contributed by atoms with Gasteiger partial charge in [0, 0.05) is 0 Å². The minimum Gasteiger partial charge on any atom is -0.501 e. The van der Waals surface area contributed by atoms with Gasteiger partial charge in [0.25, 0.3) is 0 Å². The van der Waals surface area contributed by atoms with E-state index in [1.807, 2.05) is 6.26 Å². The van der Waals surface area contributed by atoms with Crippen molar-refractivity contribution in [2.45, 2.75) is 18.9 Å². The van der Waals surface area contributed by atoms with Crippen molar-refractivity contribution in [3.05, 3.63) is 32.6 Å². The van der Waals surface area contributed by atoms with Crippen molar-refractivity contribution in [1.29, 1.82) is 0 Å². The second-order valence-electron chi connectivity index (χ2n) is 3.45. The number of thiophene rings is 1. The summed E-state index contributed by atoms with van der Waals surface area (Å²) in [7, 11) is 0. The molecule has 0 saturated carbocycles. The summed E-state index contributed by atoms with van der Waals surface area (Å²) < 4.78 is 6.45. The van der Waals surface area contributed by atoms with Crippen LogP contribution in [0.1, 0.15) is 24.4 Å². The van der Waals surface area contributed by atoms with Crippen molar-refractivity contribution in [2.24, 2.45) is 5.84 Å². The molecule has 0 fully saturated rings. The first-order valence-corrected chi connectivity index (χ1v) is 6.49. The van der Waals surface area contributed by atoms with E-state index in [4.69, 9.17) is 10.6 Å². The molecular formula is C10H13BrN2OS. The molecule has 1 aromatic rings. The minimum absolute atomic E-state index is 0.0767. The predicted molar refractivity (Wildman–Crippen MR) is 65.4 cm³/mol. The summed E-state index contributed by atoms with van der Waals surface area (Å²) in [6.07, 6.45) is 3.94. The standard InChI is InChI=1S/C10H13BrN2OS/c11-9-4-8(6-15-9)10(13-12)7-2-1-3-14-5-7/h4-6,10,13H,1-3,12H2. The lowest BCUT2D eigenvalue weighted by Crippen LogP contribution is -2.30. The third kappa shape index (κ3) is 2.60. The molecule has 1 unspecified atom stereocenters. The van der Waals surface area contributed by atoms with Gasteiger partial charge in [-0.15, -0.1) is 11.3 Å². The van der Waals surface area contributed by atoms with Gasteiger partial charge in [-0.2, -0.15) is 0 Å². The molecule has 3 nitrogen and oxygen atoms in total. The first-order chi connectivity index (χ1) is 7.31. The van der Waals surface area contributed by atoms with Crippen molar-refractivity contribution in [1.82, 2.24) is 5.43 Å². The Hall–Kier alpha value is -0.360. The maximum atomic E-state index is 5.59. The summed E-state index contributed by atoms with van der Waals surface area (Å²) in [6.45, 7) is 0.814. The van der Waals surface area contributed by atoms with Crippen LogP contribution in [0, 0.1) is 0 Å². The third-order valence-corrected chi connectivity index (χ3v) is 3.94. The highest BCUT2D eigenvalue weighted by Crippen LogP contribution is 2.31. The van der Waals surface area contributed by atoms with Crippen molar-refractivity contribution >= 4 is 27.3 Å². The monoisotopic (exact) mass is 288 g/mol. The average molecular weight is 289 g/mol. The van der Waals surface area contributed by atoms with Gasteiger partial charge in [-0.1, -0.05) is 0 Å². The van der Waals surface area contributed by atoms with Gasteiger partial charge in [-0.05, 0) is 51.4 Å². The van der Waals surface area contributed by atoms with Gasteiger partial charge in [0.05, 0.1) is 22.7 Å². The molecule has 82 valence electrons. The van der Waals surface area contributed by atoms with Crippen molar-refractivity contribution < 1.29 is 4.74 Å². The molecule has 2 heterocycles. The number of hydrazine groups is 1. The molecule has 2 rings (SSSR count). The summed E-state index contributed by atoms with van der Waals surface area (Å²) in [5.74, 6) is 5.59. The highest BCUT2D eigenvalue weighted by molar-refractivity contribution is 9.11. The lowest BCUT2D eigenvalue weighted by Gasteiger charge is -2.21. The molecule has 0 aromatic carbocycles. The van der Waals surface area contributed by atoms with Crippen molar-refractivity contribution in [3.8, 4) is 0 Å². The van der Waals surface area contributed by atoms with Crippen LogP contribution in [0.15, 0.2) is 27.1 Å². The Kier molecular flexibility index (Phi) is 3.80. The van der Waals surface area contributed by atoms with E-state index in [9.17, 15) is 0 Å². The molecule has 15 heavy (non-hydrogen) atoms. The summed E-state index contributed by atoms with van der Waals surface area (Å²) in [4.78, 5) is 0. The number of rotatable bonds is 3. The Morgan fingerprint density at radius 3 is 3.00 bits per heavy atom. The van der Waals surface area contributed by atoms with Crippen molar-refractivity contribution in [3.63, 3.8) is 0 Å². The SMILES string of the molecule is NNC(C1=COCCC1)c1csc(Br)c1.